The van der Waals surface area contributed by atoms with Crippen LogP contribution in [0, 0.1) is 5.82 Å². The summed E-state index contributed by atoms with van der Waals surface area (Å²) in [5.41, 5.74) is 2.99. The second kappa shape index (κ2) is 5.77. The average molecular weight is 323 g/mol. The summed E-state index contributed by atoms with van der Waals surface area (Å²) >= 11 is 0. The van der Waals surface area contributed by atoms with E-state index < -0.39 is 0 Å². The molecule has 0 saturated carbocycles. The molecule has 1 aliphatic rings. The molecule has 0 aliphatic carbocycles. The maximum absolute atomic E-state index is 13.2. The Morgan fingerprint density at radius 1 is 1.21 bits per heavy atom. The fourth-order valence-electron chi connectivity index (χ4n) is 2.76. The molecule has 3 heterocycles. The molecule has 0 atom stereocenters. The number of amides is 1. The standard InChI is InChI=1S/C17H14FN5O/c18-11-2-1-3-12(8-11)22-17-20-9-13(10-21-17)23-7-5-14-15(23)4-6-19-16(14)24/h1-3,5,7-10H,4,6H2,(H,19,24)(H,20,21,22). The molecule has 0 spiro atoms. The number of nitrogens with one attached hydrogen (secondary N) is 2. The van der Waals surface area contributed by atoms with Gasteiger partial charge in [-0.1, -0.05) is 6.07 Å². The minimum atomic E-state index is -0.325. The van der Waals surface area contributed by atoms with E-state index in [-0.39, 0.29) is 11.7 Å². The summed E-state index contributed by atoms with van der Waals surface area (Å²) in [6.07, 6.45) is 5.94. The van der Waals surface area contributed by atoms with E-state index in [0.717, 1.165) is 17.8 Å². The van der Waals surface area contributed by atoms with Gasteiger partial charge in [0.25, 0.3) is 5.91 Å². The molecule has 120 valence electrons. The molecule has 0 unspecified atom stereocenters. The summed E-state index contributed by atoms with van der Waals surface area (Å²) in [6, 6.07) is 7.89. The number of carbonyl (C=O) groups is 1. The Morgan fingerprint density at radius 3 is 2.83 bits per heavy atom. The van der Waals surface area contributed by atoms with E-state index in [0.29, 0.717) is 23.7 Å². The van der Waals surface area contributed by atoms with Gasteiger partial charge in [-0.05, 0) is 24.3 Å². The first kappa shape index (κ1) is 14.4. The van der Waals surface area contributed by atoms with Crippen molar-refractivity contribution in [1.82, 2.24) is 19.9 Å². The Morgan fingerprint density at radius 2 is 2.04 bits per heavy atom. The third-order valence-corrected chi connectivity index (χ3v) is 3.88. The van der Waals surface area contributed by atoms with Gasteiger partial charge in [0.1, 0.15) is 5.82 Å². The van der Waals surface area contributed by atoms with Crippen molar-refractivity contribution < 1.29 is 9.18 Å². The van der Waals surface area contributed by atoms with Crippen LogP contribution < -0.4 is 10.6 Å². The summed E-state index contributed by atoms with van der Waals surface area (Å²) in [5, 5.41) is 5.77. The molecular weight excluding hydrogens is 309 g/mol. The number of rotatable bonds is 3. The number of aromatic nitrogens is 3. The van der Waals surface area contributed by atoms with Crippen LogP contribution >= 0.6 is 0 Å². The lowest BCUT2D eigenvalue weighted by molar-refractivity contribution is 0.0945. The molecule has 6 nitrogen and oxygen atoms in total. The number of hydrogen-bond donors (Lipinski definition) is 2. The van der Waals surface area contributed by atoms with E-state index in [1.807, 2.05) is 10.8 Å². The van der Waals surface area contributed by atoms with Crippen molar-refractivity contribution in [3.63, 3.8) is 0 Å². The molecule has 24 heavy (non-hydrogen) atoms. The normalized spacial score (nSPS) is 13.3. The van der Waals surface area contributed by atoms with Crippen molar-refractivity contribution in [3.8, 4) is 5.69 Å². The van der Waals surface area contributed by atoms with Crippen molar-refractivity contribution in [1.29, 1.82) is 0 Å². The SMILES string of the molecule is O=C1NCCc2c1ccn2-c1cnc(Nc2cccc(F)c2)nc1. The van der Waals surface area contributed by atoms with Gasteiger partial charge in [-0.2, -0.15) is 0 Å². The zero-order chi connectivity index (χ0) is 16.5. The number of fused-ring (bicyclic) bond motifs is 1. The lowest BCUT2D eigenvalue weighted by atomic mass is 10.1. The largest absolute Gasteiger partial charge is 0.352 e. The first-order valence-corrected chi connectivity index (χ1v) is 7.54. The van der Waals surface area contributed by atoms with Crippen LogP contribution in [-0.2, 0) is 6.42 Å². The average Bonchev–Trinajstić information content (AvgIpc) is 3.01. The highest BCUT2D eigenvalue weighted by molar-refractivity contribution is 5.96. The monoisotopic (exact) mass is 323 g/mol. The highest BCUT2D eigenvalue weighted by Crippen LogP contribution is 2.20. The molecule has 1 aliphatic heterocycles. The third-order valence-electron chi connectivity index (χ3n) is 3.88. The van der Waals surface area contributed by atoms with Crippen LogP contribution in [0.4, 0.5) is 16.0 Å². The predicted molar refractivity (Wildman–Crippen MR) is 87.1 cm³/mol. The minimum absolute atomic E-state index is 0.0553. The van der Waals surface area contributed by atoms with E-state index in [9.17, 15) is 9.18 Å². The van der Waals surface area contributed by atoms with Gasteiger partial charge < -0.3 is 15.2 Å². The van der Waals surface area contributed by atoms with E-state index in [4.69, 9.17) is 0 Å². The van der Waals surface area contributed by atoms with Gasteiger partial charge in [0.2, 0.25) is 5.95 Å². The smallest absolute Gasteiger partial charge is 0.253 e. The predicted octanol–water partition coefficient (Wildman–Crippen LogP) is 2.44. The van der Waals surface area contributed by atoms with Crippen molar-refractivity contribution in [2.75, 3.05) is 11.9 Å². The molecule has 7 heteroatoms. The maximum atomic E-state index is 13.2. The Labute approximate surface area is 137 Å². The van der Waals surface area contributed by atoms with Crippen LogP contribution in [-0.4, -0.2) is 27.0 Å². The van der Waals surface area contributed by atoms with Gasteiger partial charge in [-0.15, -0.1) is 0 Å². The zero-order valence-corrected chi connectivity index (χ0v) is 12.7. The molecular formula is C17H14FN5O. The molecule has 0 saturated heterocycles. The summed E-state index contributed by atoms with van der Waals surface area (Å²) in [5.74, 6) is -0.00251. The van der Waals surface area contributed by atoms with E-state index in [2.05, 4.69) is 20.6 Å². The number of nitrogens with zero attached hydrogens (tertiary/aromatic N) is 3. The number of anilines is 2. The Balaban J connectivity index is 1.59. The third kappa shape index (κ3) is 2.60. The number of hydrogen-bond acceptors (Lipinski definition) is 4. The molecule has 4 rings (SSSR count). The minimum Gasteiger partial charge on any atom is -0.352 e. The van der Waals surface area contributed by atoms with Crippen LogP contribution in [0.5, 0.6) is 0 Å². The molecule has 2 aromatic heterocycles. The summed E-state index contributed by atoms with van der Waals surface area (Å²) < 4.78 is 15.1. The van der Waals surface area contributed by atoms with Crippen molar-refractivity contribution in [3.05, 3.63) is 66.0 Å². The Hall–Kier alpha value is -3.22. The maximum Gasteiger partial charge on any atom is 0.253 e. The van der Waals surface area contributed by atoms with Crippen LogP contribution in [0.3, 0.4) is 0 Å². The molecule has 0 radical (unpaired) electrons. The molecule has 3 aromatic rings. The molecule has 0 bridgehead atoms. The summed E-state index contributed by atoms with van der Waals surface area (Å²) in [4.78, 5) is 20.3. The second-order valence-corrected chi connectivity index (χ2v) is 5.45. The van der Waals surface area contributed by atoms with Crippen molar-refractivity contribution >= 4 is 17.5 Å². The van der Waals surface area contributed by atoms with Gasteiger partial charge in [0.05, 0.1) is 23.6 Å². The first-order chi connectivity index (χ1) is 11.7. The van der Waals surface area contributed by atoms with E-state index in [1.165, 1.54) is 12.1 Å². The molecule has 0 fully saturated rings. The molecule has 1 amide bonds. The first-order valence-electron chi connectivity index (χ1n) is 7.54. The van der Waals surface area contributed by atoms with Crippen molar-refractivity contribution in [2.24, 2.45) is 0 Å². The van der Waals surface area contributed by atoms with Crippen molar-refractivity contribution in [2.45, 2.75) is 6.42 Å². The summed E-state index contributed by atoms with van der Waals surface area (Å²) in [6.45, 7) is 0.621. The fourth-order valence-corrected chi connectivity index (χ4v) is 2.76. The van der Waals surface area contributed by atoms with Crippen LogP contribution in [0.1, 0.15) is 16.1 Å². The molecule has 1 aromatic carbocycles. The van der Waals surface area contributed by atoms with E-state index >= 15 is 0 Å². The van der Waals surface area contributed by atoms with Gasteiger partial charge in [-0.25, -0.2) is 14.4 Å². The van der Waals surface area contributed by atoms with Gasteiger partial charge >= 0.3 is 0 Å². The van der Waals surface area contributed by atoms with Crippen LogP contribution in [0.15, 0.2) is 48.9 Å². The van der Waals surface area contributed by atoms with Crippen LogP contribution in [0.2, 0.25) is 0 Å². The van der Waals surface area contributed by atoms with Gasteiger partial charge in [0, 0.05) is 30.5 Å². The lowest BCUT2D eigenvalue weighted by Gasteiger charge is -2.16. The summed E-state index contributed by atoms with van der Waals surface area (Å²) in [7, 11) is 0. The highest BCUT2D eigenvalue weighted by Gasteiger charge is 2.20. The Kier molecular flexibility index (Phi) is 3.45. The molecule has 2 N–H and O–H groups in total. The van der Waals surface area contributed by atoms with E-state index in [1.54, 1.807) is 30.6 Å². The number of carbonyl (C=O) groups excluding carboxylic acids is 1. The van der Waals surface area contributed by atoms with Crippen LogP contribution in [0.25, 0.3) is 5.69 Å². The number of benzene rings is 1. The van der Waals surface area contributed by atoms with Gasteiger partial charge in [0.15, 0.2) is 0 Å². The fraction of sp³-hybridized carbons (Fsp3) is 0.118. The Bertz CT molecular complexity index is 904. The number of halogens is 1. The highest BCUT2D eigenvalue weighted by atomic mass is 19.1. The topological polar surface area (TPSA) is 71.8 Å². The zero-order valence-electron chi connectivity index (χ0n) is 12.7. The second-order valence-electron chi connectivity index (χ2n) is 5.45. The van der Waals surface area contributed by atoms with Gasteiger partial charge in [-0.3, -0.25) is 4.79 Å². The lowest BCUT2D eigenvalue weighted by Crippen LogP contribution is -2.32. The quantitative estimate of drug-likeness (QED) is 0.776.